The maximum atomic E-state index is 13.9. The van der Waals surface area contributed by atoms with Gasteiger partial charge < -0.3 is 9.47 Å². The predicted octanol–water partition coefficient (Wildman–Crippen LogP) is 5.04. The summed E-state index contributed by atoms with van der Waals surface area (Å²) in [7, 11) is -4.66. The molecular formula is C26H17F5N2O9S. The highest BCUT2D eigenvalue weighted by Gasteiger charge is 2.28. The number of halogens is 5. The van der Waals surface area contributed by atoms with Crippen LogP contribution < -0.4 is 14.8 Å². The zero-order valence-electron chi connectivity index (χ0n) is 21.7. The van der Waals surface area contributed by atoms with Gasteiger partial charge >= 0.3 is 12.1 Å². The van der Waals surface area contributed by atoms with E-state index in [2.05, 4.69) is 0 Å². The van der Waals surface area contributed by atoms with E-state index in [1.54, 1.807) is 0 Å². The number of sulfone groups is 1. The number of aryl methyl sites for hydroxylation is 1. The highest BCUT2D eigenvalue weighted by atomic mass is 32.2. The summed E-state index contributed by atoms with van der Waals surface area (Å²) >= 11 is 0. The molecular weight excluding hydrogens is 611 g/mol. The van der Waals surface area contributed by atoms with E-state index < -0.39 is 78.9 Å². The number of nitro groups is 1. The lowest BCUT2D eigenvalue weighted by atomic mass is 10.1. The number of carbonyl (C=O) groups excluding carboxylic acids is 3. The molecule has 3 aromatic carbocycles. The Bertz CT molecular complexity index is 1780. The number of esters is 1. The molecule has 0 aromatic heterocycles. The molecule has 0 unspecified atom stereocenters. The first-order valence-corrected chi connectivity index (χ1v) is 13.2. The van der Waals surface area contributed by atoms with E-state index in [0.29, 0.717) is 5.41 Å². The van der Waals surface area contributed by atoms with Crippen LogP contribution in [0.1, 0.15) is 34.0 Å². The van der Waals surface area contributed by atoms with E-state index in [1.807, 2.05) is 5.32 Å². The van der Waals surface area contributed by atoms with Gasteiger partial charge in [-0.1, -0.05) is 6.07 Å². The molecule has 226 valence electrons. The Morgan fingerprint density at radius 2 is 1.51 bits per heavy atom. The lowest BCUT2D eigenvalue weighted by Gasteiger charge is -2.11. The third-order valence-corrected chi connectivity index (χ3v) is 6.65. The monoisotopic (exact) mass is 628 g/mol. The van der Waals surface area contributed by atoms with Crippen molar-refractivity contribution in [2.45, 2.75) is 19.6 Å². The summed E-state index contributed by atoms with van der Waals surface area (Å²) in [5, 5.41) is 13.2. The summed E-state index contributed by atoms with van der Waals surface area (Å²) in [5.74, 6) is -16.1. The van der Waals surface area contributed by atoms with Crippen molar-refractivity contribution in [3.8, 4) is 11.5 Å². The number of imide groups is 1. The minimum atomic E-state index is -4.66. The molecule has 0 heterocycles. The van der Waals surface area contributed by atoms with Crippen LogP contribution >= 0.6 is 0 Å². The van der Waals surface area contributed by atoms with Crippen molar-refractivity contribution >= 4 is 39.6 Å². The molecule has 0 spiro atoms. The number of amides is 2. The van der Waals surface area contributed by atoms with E-state index in [4.69, 9.17) is 9.47 Å². The Hall–Kier alpha value is -5.19. The Balaban J connectivity index is 1.84. The van der Waals surface area contributed by atoms with Crippen molar-refractivity contribution in [3.05, 3.63) is 103 Å². The van der Waals surface area contributed by atoms with Crippen LogP contribution in [0.25, 0.3) is 6.08 Å². The van der Waals surface area contributed by atoms with Crippen LogP contribution in [0.4, 0.5) is 32.4 Å². The van der Waals surface area contributed by atoms with Crippen LogP contribution in [0.2, 0.25) is 0 Å². The maximum Gasteiger partial charge on any atom is 0.419 e. The number of hydrogen-bond donors (Lipinski definition) is 1. The van der Waals surface area contributed by atoms with E-state index in [0.717, 1.165) is 49.4 Å². The maximum absolute atomic E-state index is 13.9. The molecule has 2 amide bonds. The van der Waals surface area contributed by atoms with Crippen molar-refractivity contribution in [3.63, 3.8) is 0 Å². The van der Waals surface area contributed by atoms with Crippen LogP contribution in [0.15, 0.2) is 41.8 Å². The number of nitrogens with one attached hydrogen (secondary N) is 1. The van der Waals surface area contributed by atoms with Gasteiger partial charge in [-0.25, -0.2) is 35.2 Å². The van der Waals surface area contributed by atoms with Gasteiger partial charge in [-0.3, -0.25) is 25.0 Å². The van der Waals surface area contributed by atoms with Gasteiger partial charge in [0.2, 0.25) is 5.82 Å². The summed E-state index contributed by atoms with van der Waals surface area (Å²) < 4.78 is 103. The minimum Gasteiger partial charge on any atom is -0.423 e. The smallest absolute Gasteiger partial charge is 0.419 e. The van der Waals surface area contributed by atoms with Crippen LogP contribution in [-0.2, 0) is 20.4 Å². The minimum absolute atomic E-state index is 0.0861. The first kappa shape index (κ1) is 32.3. The summed E-state index contributed by atoms with van der Waals surface area (Å²) in [4.78, 5) is 46.5. The molecule has 0 atom stereocenters. The summed E-state index contributed by atoms with van der Waals surface area (Å²) in [6, 6.07) is 6.44. The Morgan fingerprint density at radius 3 is 2.07 bits per heavy atom. The fourth-order valence-corrected chi connectivity index (χ4v) is 4.56. The van der Waals surface area contributed by atoms with Gasteiger partial charge in [0, 0.05) is 35.1 Å². The van der Waals surface area contributed by atoms with Gasteiger partial charge in [-0.15, -0.1) is 0 Å². The zero-order chi connectivity index (χ0) is 32.2. The zero-order valence-corrected chi connectivity index (χ0v) is 22.6. The molecule has 1 N–H and O–H groups in total. The third-order valence-electron chi connectivity index (χ3n) is 5.41. The molecule has 0 aliphatic carbocycles. The van der Waals surface area contributed by atoms with E-state index in [1.165, 1.54) is 6.92 Å². The summed E-state index contributed by atoms with van der Waals surface area (Å²) in [5.41, 5.74) is -1.96. The van der Waals surface area contributed by atoms with Gasteiger partial charge in [0.15, 0.2) is 44.6 Å². The lowest BCUT2D eigenvalue weighted by Crippen LogP contribution is -2.33. The highest BCUT2D eigenvalue weighted by Crippen LogP contribution is 2.30. The predicted molar refractivity (Wildman–Crippen MR) is 137 cm³/mol. The number of carbonyl (C=O) groups is 3. The second-order valence-corrected chi connectivity index (χ2v) is 10.4. The van der Waals surface area contributed by atoms with Crippen molar-refractivity contribution < 1.29 is 59.2 Å². The number of benzene rings is 3. The molecule has 17 heteroatoms. The molecule has 0 saturated carbocycles. The van der Waals surface area contributed by atoms with Crippen molar-refractivity contribution in [1.82, 2.24) is 5.32 Å². The summed E-state index contributed by atoms with van der Waals surface area (Å²) in [6.07, 6.45) is -0.594. The van der Waals surface area contributed by atoms with E-state index in [-0.39, 0.29) is 28.1 Å². The van der Waals surface area contributed by atoms with Crippen LogP contribution in [-0.4, -0.2) is 31.3 Å². The molecule has 3 rings (SSSR count). The van der Waals surface area contributed by atoms with Crippen LogP contribution in [0.3, 0.4) is 0 Å². The highest BCUT2D eigenvalue weighted by molar-refractivity contribution is 7.93. The van der Waals surface area contributed by atoms with Crippen LogP contribution in [0.5, 0.6) is 11.5 Å². The Morgan fingerprint density at radius 1 is 0.907 bits per heavy atom. The molecule has 43 heavy (non-hydrogen) atoms. The van der Waals surface area contributed by atoms with Gasteiger partial charge in [-0.05, 0) is 42.8 Å². The van der Waals surface area contributed by atoms with Gasteiger partial charge in [-0.2, -0.15) is 0 Å². The second-order valence-electron chi connectivity index (χ2n) is 8.56. The van der Waals surface area contributed by atoms with Crippen LogP contribution in [0, 0.1) is 46.1 Å². The molecule has 0 bridgehead atoms. The van der Waals surface area contributed by atoms with Gasteiger partial charge in [0.1, 0.15) is 0 Å². The standard InChI is InChI=1S/C26H17F5N2O9S/c1-12-9-15(4-5-17(12)33(37)38)25(35)32-26(36)42-19-10-14(3-6-18(19)41-13(2)34)7-8-43(39,40)11-16-20(27)22(29)24(31)23(30)21(16)28/h3-10H,11H2,1-2H3,(H,32,35,36)/b8-7+. The lowest BCUT2D eigenvalue weighted by molar-refractivity contribution is -0.385. The average Bonchev–Trinajstić information content (AvgIpc) is 2.92. The number of hydrogen-bond acceptors (Lipinski definition) is 9. The van der Waals surface area contributed by atoms with Crippen molar-refractivity contribution in [1.29, 1.82) is 0 Å². The summed E-state index contributed by atoms with van der Waals surface area (Å²) in [6.45, 7) is 2.37. The quantitative estimate of drug-likeness (QED) is 0.0686. The Labute approximate surface area is 238 Å². The molecule has 11 nitrogen and oxygen atoms in total. The molecule has 0 fully saturated rings. The van der Waals surface area contributed by atoms with E-state index in [9.17, 15) is 54.9 Å². The molecule has 0 saturated heterocycles. The average molecular weight is 628 g/mol. The fraction of sp³-hybridized carbons (Fsp3) is 0.115. The number of rotatable bonds is 8. The number of nitrogens with zero attached hydrogens (tertiary/aromatic N) is 1. The van der Waals surface area contributed by atoms with Gasteiger partial charge in [0.05, 0.1) is 10.7 Å². The first-order chi connectivity index (χ1) is 20.0. The first-order valence-electron chi connectivity index (χ1n) is 11.5. The van der Waals surface area contributed by atoms with Crippen molar-refractivity contribution in [2.24, 2.45) is 0 Å². The molecule has 3 aromatic rings. The second kappa shape index (κ2) is 12.8. The Kier molecular flexibility index (Phi) is 9.60. The normalized spacial score (nSPS) is 11.3. The van der Waals surface area contributed by atoms with Gasteiger partial charge in [0.25, 0.3) is 11.6 Å². The number of nitro benzene ring substituents is 1. The van der Waals surface area contributed by atoms with Crippen molar-refractivity contribution in [2.75, 3.05) is 0 Å². The fourth-order valence-electron chi connectivity index (χ4n) is 3.45. The molecule has 0 aliphatic heterocycles. The number of ether oxygens (including phenoxy) is 2. The SMILES string of the molecule is CC(=O)Oc1ccc(/C=C/S(=O)(=O)Cc2c(F)c(F)c(F)c(F)c2F)cc1OC(=O)NC(=O)c1ccc([N+](=O)[O-])c(C)c1. The topological polar surface area (TPSA) is 159 Å². The van der Waals surface area contributed by atoms with E-state index >= 15 is 0 Å². The molecule has 0 radical (unpaired) electrons. The largest absolute Gasteiger partial charge is 0.423 e. The third kappa shape index (κ3) is 7.76. The molecule has 0 aliphatic rings.